The van der Waals surface area contributed by atoms with Crippen LogP contribution in [0.5, 0.6) is 0 Å². The van der Waals surface area contributed by atoms with E-state index in [2.05, 4.69) is 0 Å². The van der Waals surface area contributed by atoms with E-state index in [-0.39, 0.29) is 13.2 Å². The average Bonchev–Trinajstić information content (AvgIpc) is 2.57. The predicted molar refractivity (Wildman–Crippen MR) is 41.5 cm³/mol. The minimum atomic E-state index is -0.806. The summed E-state index contributed by atoms with van der Waals surface area (Å²) in [5.41, 5.74) is 0. The maximum absolute atomic E-state index is 8.88. The molecule has 68 valence electrons. The summed E-state index contributed by atoms with van der Waals surface area (Å²) in [4.78, 5) is 0. The van der Waals surface area contributed by atoms with Crippen LogP contribution in [0.4, 0.5) is 0 Å². The standard InChI is InChI=1S/C8H12O4/c9-4-7(10)5-11-6-8-2-1-3-12-8/h1-3,7,9-10H,4-6H2. The first kappa shape index (κ1) is 9.25. The zero-order valence-electron chi connectivity index (χ0n) is 6.64. The van der Waals surface area contributed by atoms with Crippen molar-refractivity contribution in [3.05, 3.63) is 24.2 Å². The normalized spacial score (nSPS) is 13.2. The molecule has 0 aliphatic carbocycles. The van der Waals surface area contributed by atoms with Crippen LogP contribution in [0.25, 0.3) is 0 Å². The Bertz CT molecular complexity index is 195. The van der Waals surface area contributed by atoms with Gasteiger partial charge in [0.15, 0.2) is 0 Å². The minimum Gasteiger partial charge on any atom is -0.467 e. The summed E-state index contributed by atoms with van der Waals surface area (Å²) in [6.45, 7) is 0.166. The van der Waals surface area contributed by atoms with E-state index in [1.807, 2.05) is 0 Å². The van der Waals surface area contributed by atoms with E-state index in [0.717, 1.165) is 0 Å². The Morgan fingerprint density at radius 2 is 2.42 bits per heavy atom. The summed E-state index contributed by atoms with van der Waals surface area (Å²) in [6, 6.07) is 3.55. The van der Waals surface area contributed by atoms with Crippen molar-refractivity contribution in [3.8, 4) is 0 Å². The molecule has 0 aliphatic rings. The highest BCUT2D eigenvalue weighted by Gasteiger charge is 2.02. The molecule has 1 unspecified atom stereocenters. The molecule has 0 saturated heterocycles. The molecule has 0 aromatic carbocycles. The summed E-state index contributed by atoms with van der Waals surface area (Å²) in [7, 11) is 0. The molecule has 0 saturated carbocycles. The van der Waals surface area contributed by atoms with Crippen molar-refractivity contribution >= 4 is 0 Å². The van der Waals surface area contributed by atoms with E-state index in [9.17, 15) is 0 Å². The molecule has 0 radical (unpaired) electrons. The van der Waals surface area contributed by atoms with Gasteiger partial charge in [-0.3, -0.25) is 0 Å². The molecule has 2 N–H and O–H groups in total. The van der Waals surface area contributed by atoms with Crippen LogP contribution in [0.3, 0.4) is 0 Å². The fourth-order valence-corrected chi connectivity index (χ4v) is 0.743. The van der Waals surface area contributed by atoms with Gasteiger partial charge < -0.3 is 19.4 Å². The summed E-state index contributed by atoms with van der Waals surface area (Å²) in [6.07, 6.45) is 0.751. The smallest absolute Gasteiger partial charge is 0.129 e. The van der Waals surface area contributed by atoms with Crippen molar-refractivity contribution in [1.82, 2.24) is 0 Å². The Hall–Kier alpha value is -0.840. The molecule has 12 heavy (non-hydrogen) atoms. The van der Waals surface area contributed by atoms with Gasteiger partial charge in [-0.05, 0) is 12.1 Å². The third kappa shape index (κ3) is 3.04. The SMILES string of the molecule is OCC(O)COCc1ccco1. The Balaban J connectivity index is 2.11. The number of aliphatic hydroxyl groups excluding tert-OH is 2. The van der Waals surface area contributed by atoms with E-state index in [0.29, 0.717) is 12.4 Å². The van der Waals surface area contributed by atoms with Gasteiger partial charge in [-0.25, -0.2) is 0 Å². The second kappa shape index (κ2) is 4.92. The number of ether oxygens (including phenoxy) is 1. The zero-order valence-corrected chi connectivity index (χ0v) is 6.64. The zero-order chi connectivity index (χ0) is 8.81. The Kier molecular flexibility index (Phi) is 3.79. The molecule has 0 aliphatic heterocycles. The first-order valence-corrected chi connectivity index (χ1v) is 3.72. The van der Waals surface area contributed by atoms with Gasteiger partial charge in [0.05, 0.1) is 19.5 Å². The highest BCUT2D eigenvalue weighted by Crippen LogP contribution is 2.01. The lowest BCUT2D eigenvalue weighted by molar-refractivity contribution is -0.00428. The van der Waals surface area contributed by atoms with E-state index < -0.39 is 6.10 Å². The van der Waals surface area contributed by atoms with Crippen LogP contribution in [0.2, 0.25) is 0 Å². The van der Waals surface area contributed by atoms with Gasteiger partial charge in [0.1, 0.15) is 18.5 Å². The monoisotopic (exact) mass is 172 g/mol. The average molecular weight is 172 g/mol. The van der Waals surface area contributed by atoms with Crippen LogP contribution in [-0.2, 0) is 11.3 Å². The molecule has 4 nitrogen and oxygen atoms in total. The summed E-state index contributed by atoms with van der Waals surface area (Å²) < 4.78 is 10.0. The van der Waals surface area contributed by atoms with Gasteiger partial charge in [0.2, 0.25) is 0 Å². The van der Waals surface area contributed by atoms with Crippen LogP contribution in [0.1, 0.15) is 5.76 Å². The van der Waals surface area contributed by atoms with Gasteiger partial charge in [0.25, 0.3) is 0 Å². The summed E-state index contributed by atoms with van der Waals surface area (Å²) in [5.74, 6) is 0.708. The molecule has 0 fully saturated rings. The van der Waals surface area contributed by atoms with Gasteiger partial charge >= 0.3 is 0 Å². The van der Waals surface area contributed by atoms with Gasteiger partial charge in [-0.15, -0.1) is 0 Å². The molecular weight excluding hydrogens is 160 g/mol. The molecule has 4 heteroatoms. The third-order valence-electron chi connectivity index (χ3n) is 1.35. The van der Waals surface area contributed by atoms with Crippen LogP contribution in [0.15, 0.2) is 22.8 Å². The molecule has 1 atom stereocenters. The predicted octanol–water partition coefficient (Wildman–Crippen LogP) is 0.149. The largest absolute Gasteiger partial charge is 0.467 e. The Labute approximate surface area is 70.4 Å². The fourth-order valence-electron chi connectivity index (χ4n) is 0.743. The number of hydrogen-bond acceptors (Lipinski definition) is 4. The van der Waals surface area contributed by atoms with Crippen molar-refractivity contribution in [2.75, 3.05) is 13.2 Å². The second-order valence-corrected chi connectivity index (χ2v) is 2.43. The number of rotatable bonds is 5. The van der Waals surface area contributed by atoms with Crippen molar-refractivity contribution in [2.45, 2.75) is 12.7 Å². The fraction of sp³-hybridized carbons (Fsp3) is 0.500. The minimum absolute atomic E-state index is 0.122. The lowest BCUT2D eigenvalue weighted by Gasteiger charge is -2.06. The first-order valence-electron chi connectivity index (χ1n) is 3.72. The van der Waals surface area contributed by atoms with E-state index in [1.165, 1.54) is 0 Å². The van der Waals surface area contributed by atoms with Crippen LogP contribution < -0.4 is 0 Å². The van der Waals surface area contributed by atoms with E-state index in [1.54, 1.807) is 18.4 Å². The van der Waals surface area contributed by atoms with E-state index >= 15 is 0 Å². The van der Waals surface area contributed by atoms with Crippen molar-refractivity contribution in [3.63, 3.8) is 0 Å². The quantitative estimate of drug-likeness (QED) is 0.663. The lowest BCUT2D eigenvalue weighted by atomic mass is 10.4. The Morgan fingerprint density at radius 1 is 1.58 bits per heavy atom. The highest BCUT2D eigenvalue weighted by atomic mass is 16.5. The molecule has 0 amide bonds. The van der Waals surface area contributed by atoms with Gasteiger partial charge in [-0.2, -0.15) is 0 Å². The molecule has 1 rings (SSSR count). The molecule has 0 spiro atoms. The first-order chi connectivity index (χ1) is 5.83. The second-order valence-electron chi connectivity index (χ2n) is 2.43. The molecule has 1 aromatic rings. The molecule has 1 aromatic heterocycles. The maximum atomic E-state index is 8.88. The Morgan fingerprint density at radius 3 is 3.00 bits per heavy atom. The van der Waals surface area contributed by atoms with Gasteiger partial charge in [-0.1, -0.05) is 0 Å². The highest BCUT2D eigenvalue weighted by molar-refractivity contribution is 4.95. The van der Waals surface area contributed by atoms with Crippen LogP contribution in [-0.4, -0.2) is 29.5 Å². The molecule has 1 heterocycles. The summed E-state index contributed by atoms with van der Waals surface area (Å²) in [5, 5.41) is 17.3. The van der Waals surface area contributed by atoms with Gasteiger partial charge in [0, 0.05) is 0 Å². The maximum Gasteiger partial charge on any atom is 0.129 e. The van der Waals surface area contributed by atoms with Crippen LogP contribution >= 0.6 is 0 Å². The lowest BCUT2D eigenvalue weighted by Crippen LogP contribution is -2.19. The number of furan rings is 1. The number of aliphatic hydroxyl groups is 2. The molecule has 0 bridgehead atoms. The van der Waals surface area contributed by atoms with E-state index in [4.69, 9.17) is 19.4 Å². The number of hydrogen-bond donors (Lipinski definition) is 2. The van der Waals surface area contributed by atoms with Crippen molar-refractivity contribution in [2.24, 2.45) is 0 Å². The topological polar surface area (TPSA) is 62.8 Å². The van der Waals surface area contributed by atoms with Crippen molar-refractivity contribution in [1.29, 1.82) is 0 Å². The van der Waals surface area contributed by atoms with Crippen molar-refractivity contribution < 1.29 is 19.4 Å². The summed E-state index contributed by atoms with van der Waals surface area (Å²) >= 11 is 0. The van der Waals surface area contributed by atoms with Crippen LogP contribution in [0, 0.1) is 0 Å². The third-order valence-corrected chi connectivity index (χ3v) is 1.35. The molecular formula is C8H12O4.